The summed E-state index contributed by atoms with van der Waals surface area (Å²) in [5, 5.41) is 7.85. The normalized spacial score (nSPS) is 19.2. The molecule has 2 heterocycles. The Morgan fingerprint density at radius 1 is 1.24 bits per heavy atom. The lowest BCUT2D eigenvalue weighted by Crippen LogP contribution is -2.32. The molecule has 1 aromatic carbocycles. The van der Waals surface area contributed by atoms with Gasteiger partial charge in [-0.05, 0) is 24.9 Å². The first kappa shape index (κ1) is 14.3. The lowest BCUT2D eigenvalue weighted by molar-refractivity contribution is 0.331. The SMILES string of the molecule is Cn1cc(CNC2CCN(CCc3ccccc3)C2)cn1. The average molecular weight is 284 g/mol. The Kier molecular flexibility index (Phi) is 4.68. The summed E-state index contributed by atoms with van der Waals surface area (Å²) in [4.78, 5) is 2.56. The molecule has 0 aliphatic carbocycles. The van der Waals surface area contributed by atoms with Crippen molar-refractivity contribution in [3.05, 3.63) is 53.9 Å². The Labute approximate surface area is 126 Å². The topological polar surface area (TPSA) is 33.1 Å². The van der Waals surface area contributed by atoms with E-state index in [0.29, 0.717) is 6.04 Å². The quantitative estimate of drug-likeness (QED) is 0.878. The van der Waals surface area contributed by atoms with Crippen LogP contribution in [0.2, 0.25) is 0 Å². The molecule has 1 N–H and O–H groups in total. The molecular formula is C17H24N4. The van der Waals surface area contributed by atoms with E-state index in [-0.39, 0.29) is 0 Å². The number of hydrogen-bond acceptors (Lipinski definition) is 3. The maximum Gasteiger partial charge on any atom is 0.0534 e. The Morgan fingerprint density at radius 2 is 2.10 bits per heavy atom. The van der Waals surface area contributed by atoms with Crippen LogP contribution in [0.3, 0.4) is 0 Å². The molecule has 21 heavy (non-hydrogen) atoms. The van der Waals surface area contributed by atoms with Crippen LogP contribution in [0.1, 0.15) is 17.5 Å². The minimum atomic E-state index is 0.612. The number of nitrogens with zero attached hydrogens (tertiary/aromatic N) is 3. The van der Waals surface area contributed by atoms with E-state index in [9.17, 15) is 0 Å². The lowest BCUT2D eigenvalue weighted by atomic mass is 10.1. The van der Waals surface area contributed by atoms with E-state index < -0.39 is 0 Å². The van der Waals surface area contributed by atoms with Crippen LogP contribution in [0.4, 0.5) is 0 Å². The molecule has 0 bridgehead atoms. The number of aromatic nitrogens is 2. The maximum absolute atomic E-state index is 4.21. The van der Waals surface area contributed by atoms with Gasteiger partial charge in [-0.2, -0.15) is 5.10 Å². The summed E-state index contributed by atoms with van der Waals surface area (Å²) in [5.41, 5.74) is 2.70. The summed E-state index contributed by atoms with van der Waals surface area (Å²) in [7, 11) is 1.96. The third-order valence-electron chi connectivity index (χ3n) is 4.19. The van der Waals surface area contributed by atoms with Gasteiger partial charge in [-0.15, -0.1) is 0 Å². The van der Waals surface area contributed by atoms with Gasteiger partial charge in [0.05, 0.1) is 6.20 Å². The number of rotatable bonds is 6. The molecule has 1 atom stereocenters. The van der Waals surface area contributed by atoms with Crippen molar-refractivity contribution in [3.8, 4) is 0 Å². The zero-order valence-corrected chi connectivity index (χ0v) is 12.7. The largest absolute Gasteiger partial charge is 0.308 e. The van der Waals surface area contributed by atoms with Gasteiger partial charge in [0.15, 0.2) is 0 Å². The van der Waals surface area contributed by atoms with E-state index >= 15 is 0 Å². The smallest absolute Gasteiger partial charge is 0.0534 e. The van der Waals surface area contributed by atoms with Crippen LogP contribution in [-0.2, 0) is 20.0 Å². The van der Waals surface area contributed by atoms with Gasteiger partial charge >= 0.3 is 0 Å². The summed E-state index contributed by atoms with van der Waals surface area (Å²) in [6.45, 7) is 4.45. The summed E-state index contributed by atoms with van der Waals surface area (Å²) in [6, 6.07) is 11.4. The van der Waals surface area contributed by atoms with E-state index in [4.69, 9.17) is 0 Å². The van der Waals surface area contributed by atoms with Crippen molar-refractivity contribution in [2.45, 2.75) is 25.4 Å². The Balaban J connectivity index is 1.39. The van der Waals surface area contributed by atoms with E-state index in [2.05, 4.69) is 51.8 Å². The Bertz CT molecular complexity index is 549. The Morgan fingerprint density at radius 3 is 2.86 bits per heavy atom. The predicted octanol–water partition coefficient (Wildman–Crippen LogP) is 1.83. The molecule has 0 saturated carbocycles. The highest BCUT2D eigenvalue weighted by Gasteiger charge is 2.21. The molecule has 0 spiro atoms. The molecule has 1 aliphatic rings. The van der Waals surface area contributed by atoms with E-state index in [1.165, 1.54) is 24.1 Å². The van der Waals surface area contributed by atoms with Crippen LogP contribution in [0.15, 0.2) is 42.7 Å². The van der Waals surface area contributed by atoms with Crippen LogP contribution in [-0.4, -0.2) is 40.4 Å². The molecule has 3 rings (SSSR count). The Hall–Kier alpha value is -1.65. The molecule has 112 valence electrons. The lowest BCUT2D eigenvalue weighted by Gasteiger charge is -2.16. The highest BCUT2D eigenvalue weighted by Crippen LogP contribution is 2.11. The molecule has 4 heteroatoms. The molecule has 1 unspecified atom stereocenters. The number of likely N-dealkylation sites (tertiary alicyclic amines) is 1. The van der Waals surface area contributed by atoms with Crippen LogP contribution in [0.5, 0.6) is 0 Å². The first-order valence-electron chi connectivity index (χ1n) is 7.77. The minimum Gasteiger partial charge on any atom is -0.308 e. The molecule has 0 radical (unpaired) electrons. The summed E-state index contributed by atoms with van der Waals surface area (Å²) < 4.78 is 1.86. The van der Waals surface area contributed by atoms with Gasteiger partial charge < -0.3 is 10.2 Å². The molecule has 2 aromatic rings. The molecular weight excluding hydrogens is 260 g/mol. The number of aryl methyl sites for hydroxylation is 1. The minimum absolute atomic E-state index is 0.612. The van der Waals surface area contributed by atoms with Gasteiger partial charge in [-0.3, -0.25) is 4.68 Å². The second-order valence-electron chi connectivity index (χ2n) is 5.92. The fourth-order valence-electron chi connectivity index (χ4n) is 2.96. The highest BCUT2D eigenvalue weighted by molar-refractivity contribution is 5.15. The predicted molar refractivity (Wildman–Crippen MR) is 85.0 cm³/mol. The monoisotopic (exact) mass is 284 g/mol. The van der Waals surface area contributed by atoms with Gasteiger partial charge in [0.2, 0.25) is 0 Å². The third-order valence-corrected chi connectivity index (χ3v) is 4.19. The van der Waals surface area contributed by atoms with Gasteiger partial charge in [0.1, 0.15) is 0 Å². The van der Waals surface area contributed by atoms with Gasteiger partial charge in [0.25, 0.3) is 0 Å². The summed E-state index contributed by atoms with van der Waals surface area (Å²) in [5.74, 6) is 0. The summed E-state index contributed by atoms with van der Waals surface area (Å²) >= 11 is 0. The first-order valence-corrected chi connectivity index (χ1v) is 7.77. The zero-order valence-electron chi connectivity index (χ0n) is 12.7. The molecule has 1 fully saturated rings. The van der Waals surface area contributed by atoms with Crippen LogP contribution < -0.4 is 5.32 Å². The van der Waals surface area contributed by atoms with Crippen LogP contribution in [0, 0.1) is 0 Å². The van der Waals surface area contributed by atoms with Crippen molar-refractivity contribution in [3.63, 3.8) is 0 Å². The zero-order chi connectivity index (χ0) is 14.5. The van der Waals surface area contributed by atoms with E-state index in [0.717, 1.165) is 26.1 Å². The summed E-state index contributed by atoms with van der Waals surface area (Å²) in [6.07, 6.45) is 6.41. The molecule has 1 saturated heterocycles. The fourth-order valence-corrected chi connectivity index (χ4v) is 2.96. The standard InChI is InChI=1S/C17H24N4/c1-20-13-16(12-19-20)11-18-17-8-10-21(14-17)9-7-15-5-3-2-4-6-15/h2-6,12-13,17-18H,7-11,14H2,1H3. The molecule has 1 aliphatic heterocycles. The third kappa shape index (κ3) is 4.16. The van der Waals surface area contributed by atoms with Crippen molar-refractivity contribution in [2.75, 3.05) is 19.6 Å². The van der Waals surface area contributed by atoms with E-state index in [1.54, 1.807) is 0 Å². The first-order chi connectivity index (χ1) is 10.3. The maximum atomic E-state index is 4.21. The van der Waals surface area contributed by atoms with Crippen LogP contribution in [0.25, 0.3) is 0 Å². The molecule has 1 aromatic heterocycles. The molecule has 0 amide bonds. The van der Waals surface area contributed by atoms with E-state index in [1.807, 2.05) is 17.9 Å². The fraction of sp³-hybridized carbons (Fsp3) is 0.471. The number of hydrogen-bond donors (Lipinski definition) is 1. The number of nitrogens with one attached hydrogen (secondary N) is 1. The number of benzene rings is 1. The second-order valence-corrected chi connectivity index (χ2v) is 5.92. The average Bonchev–Trinajstić information content (AvgIpc) is 3.13. The van der Waals surface area contributed by atoms with Gasteiger partial charge in [0, 0.05) is 44.5 Å². The van der Waals surface area contributed by atoms with Crippen molar-refractivity contribution in [1.82, 2.24) is 20.0 Å². The van der Waals surface area contributed by atoms with Crippen molar-refractivity contribution >= 4 is 0 Å². The van der Waals surface area contributed by atoms with Gasteiger partial charge in [-0.25, -0.2) is 0 Å². The highest BCUT2D eigenvalue weighted by atomic mass is 15.2. The van der Waals surface area contributed by atoms with Crippen LogP contribution >= 0.6 is 0 Å². The molecule has 4 nitrogen and oxygen atoms in total. The van der Waals surface area contributed by atoms with Crippen molar-refractivity contribution in [1.29, 1.82) is 0 Å². The van der Waals surface area contributed by atoms with Crippen molar-refractivity contribution < 1.29 is 0 Å². The van der Waals surface area contributed by atoms with Crippen molar-refractivity contribution in [2.24, 2.45) is 7.05 Å². The van der Waals surface area contributed by atoms with Gasteiger partial charge in [-0.1, -0.05) is 30.3 Å². The second kappa shape index (κ2) is 6.87.